The molecule has 0 atom stereocenters. The smallest absolute Gasteiger partial charge is 0.0347 e. The quantitative estimate of drug-likeness (QED) is 0.168. The SMILES string of the molecule is c1ccc2c(-c3c4ccccc4c(-c4cncc(-c5c6ccccc6c(-c6cccc7ccccc67)c6ccccc56)c4)c4ccccc34)cccc2c1. The van der Waals surface area contributed by atoms with Gasteiger partial charge >= 0.3 is 0 Å². The van der Waals surface area contributed by atoms with Gasteiger partial charge in [0.1, 0.15) is 0 Å². The molecular weight excluding hydrogens is 651 g/mol. The van der Waals surface area contributed by atoms with Crippen molar-refractivity contribution < 1.29 is 0 Å². The molecule has 0 amide bonds. The summed E-state index contributed by atoms with van der Waals surface area (Å²) in [5.41, 5.74) is 9.68. The van der Waals surface area contributed by atoms with Gasteiger partial charge in [-0.1, -0.05) is 182 Å². The van der Waals surface area contributed by atoms with E-state index in [0.717, 1.165) is 11.1 Å². The second-order valence-corrected chi connectivity index (χ2v) is 14.2. The van der Waals surface area contributed by atoms with Crippen molar-refractivity contribution in [3.05, 3.63) is 200 Å². The molecule has 0 aliphatic carbocycles. The lowest BCUT2D eigenvalue weighted by Crippen LogP contribution is -1.94. The Balaban J connectivity index is 1.20. The van der Waals surface area contributed by atoms with E-state index in [1.165, 1.54) is 98.0 Å². The highest BCUT2D eigenvalue weighted by molar-refractivity contribution is 6.25. The number of fused-ring (bicyclic) bond motifs is 6. The lowest BCUT2D eigenvalue weighted by molar-refractivity contribution is 1.34. The van der Waals surface area contributed by atoms with E-state index >= 15 is 0 Å². The van der Waals surface area contributed by atoms with Crippen LogP contribution in [0.3, 0.4) is 0 Å². The predicted molar refractivity (Wildman–Crippen MR) is 231 cm³/mol. The first-order valence-corrected chi connectivity index (χ1v) is 18.6. The minimum absolute atomic E-state index is 1.11. The number of aromatic nitrogens is 1. The summed E-state index contributed by atoms with van der Waals surface area (Å²) in [6.45, 7) is 0. The molecular formula is C53H33N. The number of rotatable bonds is 4. The molecule has 0 saturated heterocycles. The van der Waals surface area contributed by atoms with Crippen LogP contribution in [-0.4, -0.2) is 4.98 Å². The van der Waals surface area contributed by atoms with Gasteiger partial charge in [-0.2, -0.15) is 0 Å². The summed E-state index contributed by atoms with van der Waals surface area (Å²) in [6, 6.07) is 68.7. The summed E-state index contributed by atoms with van der Waals surface area (Å²) in [4.78, 5) is 5.01. The zero-order chi connectivity index (χ0) is 35.6. The standard InChI is InChI=1S/C53H33N/c1-3-19-38-34(15-1)17-13-29-40(38)52-46-25-9-5-21-42(46)50(43-22-6-10-26-47(43)52)36-31-37(33-54-32-36)51-44-23-7-11-27-48(44)53(49-28-12-8-24-45(49)51)41-30-14-18-35-16-2-4-20-39(35)41/h1-33H. The fourth-order valence-corrected chi connectivity index (χ4v) is 9.06. The van der Waals surface area contributed by atoms with Crippen molar-refractivity contribution in [3.8, 4) is 44.5 Å². The zero-order valence-corrected chi connectivity index (χ0v) is 29.5. The van der Waals surface area contributed by atoms with Crippen molar-refractivity contribution in [2.24, 2.45) is 0 Å². The molecule has 0 aliphatic heterocycles. The van der Waals surface area contributed by atoms with Crippen LogP contribution >= 0.6 is 0 Å². The van der Waals surface area contributed by atoms with E-state index in [-0.39, 0.29) is 0 Å². The molecule has 54 heavy (non-hydrogen) atoms. The number of nitrogens with zero attached hydrogens (tertiary/aromatic N) is 1. The van der Waals surface area contributed by atoms with Crippen molar-refractivity contribution in [2.75, 3.05) is 0 Å². The molecule has 0 N–H and O–H groups in total. The minimum atomic E-state index is 1.11. The Morgan fingerprint density at radius 1 is 0.241 bits per heavy atom. The Labute approximate surface area is 313 Å². The Morgan fingerprint density at radius 2 is 0.519 bits per heavy atom. The highest BCUT2D eigenvalue weighted by Gasteiger charge is 2.21. The largest absolute Gasteiger partial charge is 0.263 e. The first-order chi connectivity index (χ1) is 26.8. The summed E-state index contributed by atoms with van der Waals surface area (Å²) in [6.07, 6.45) is 4.09. The monoisotopic (exact) mass is 683 g/mol. The molecule has 0 saturated carbocycles. The van der Waals surface area contributed by atoms with Gasteiger partial charge in [-0.3, -0.25) is 4.98 Å². The van der Waals surface area contributed by atoms with Crippen LogP contribution in [-0.2, 0) is 0 Å². The van der Waals surface area contributed by atoms with Gasteiger partial charge in [-0.25, -0.2) is 0 Å². The first-order valence-electron chi connectivity index (χ1n) is 18.6. The maximum absolute atomic E-state index is 5.01. The van der Waals surface area contributed by atoms with Crippen LogP contribution in [0.25, 0.3) is 109 Å². The Hall–Kier alpha value is -7.09. The molecule has 10 aromatic carbocycles. The molecule has 0 unspecified atom stereocenters. The van der Waals surface area contributed by atoms with Gasteiger partial charge in [0.2, 0.25) is 0 Å². The highest BCUT2D eigenvalue weighted by atomic mass is 14.6. The zero-order valence-electron chi connectivity index (χ0n) is 29.5. The third-order valence-electron chi connectivity index (χ3n) is 11.3. The van der Waals surface area contributed by atoms with Crippen molar-refractivity contribution in [1.29, 1.82) is 0 Å². The van der Waals surface area contributed by atoms with E-state index in [1.807, 2.05) is 12.4 Å². The van der Waals surface area contributed by atoms with Gasteiger partial charge in [0.15, 0.2) is 0 Å². The van der Waals surface area contributed by atoms with Crippen molar-refractivity contribution in [1.82, 2.24) is 4.98 Å². The van der Waals surface area contributed by atoms with E-state index in [9.17, 15) is 0 Å². The van der Waals surface area contributed by atoms with Gasteiger partial charge in [0, 0.05) is 23.5 Å². The fraction of sp³-hybridized carbons (Fsp3) is 0. The Bertz CT molecular complexity index is 2940. The van der Waals surface area contributed by atoms with Crippen LogP contribution in [0.4, 0.5) is 0 Å². The number of benzene rings is 10. The van der Waals surface area contributed by atoms with Crippen LogP contribution in [0.15, 0.2) is 200 Å². The summed E-state index contributed by atoms with van der Waals surface area (Å²) >= 11 is 0. The summed E-state index contributed by atoms with van der Waals surface area (Å²) in [5.74, 6) is 0. The molecule has 1 heteroatoms. The molecule has 1 nitrogen and oxygen atoms in total. The minimum Gasteiger partial charge on any atom is -0.263 e. The molecule has 11 aromatic rings. The molecule has 0 spiro atoms. The van der Waals surface area contributed by atoms with Crippen LogP contribution < -0.4 is 0 Å². The lowest BCUT2D eigenvalue weighted by Gasteiger charge is -2.20. The fourth-order valence-electron chi connectivity index (χ4n) is 9.06. The van der Waals surface area contributed by atoms with Crippen molar-refractivity contribution in [2.45, 2.75) is 0 Å². The normalized spacial score (nSPS) is 11.7. The van der Waals surface area contributed by atoms with Gasteiger partial charge < -0.3 is 0 Å². The highest BCUT2D eigenvalue weighted by Crippen LogP contribution is 2.48. The molecule has 1 aromatic heterocycles. The van der Waals surface area contributed by atoms with E-state index in [1.54, 1.807) is 0 Å². The summed E-state index contributed by atoms with van der Waals surface area (Å²) < 4.78 is 0. The Kier molecular flexibility index (Phi) is 6.93. The molecule has 1 heterocycles. The maximum Gasteiger partial charge on any atom is 0.0347 e. The predicted octanol–water partition coefficient (Wildman–Crippen LogP) is 14.7. The molecule has 0 fully saturated rings. The van der Waals surface area contributed by atoms with Crippen LogP contribution in [0, 0.1) is 0 Å². The van der Waals surface area contributed by atoms with E-state index in [4.69, 9.17) is 4.98 Å². The number of hydrogen-bond donors (Lipinski definition) is 0. The van der Waals surface area contributed by atoms with Crippen molar-refractivity contribution >= 4 is 64.6 Å². The van der Waals surface area contributed by atoms with Crippen LogP contribution in [0.2, 0.25) is 0 Å². The third kappa shape index (κ3) is 4.62. The van der Waals surface area contributed by atoms with Gasteiger partial charge in [-0.15, -0.1) is 0 Å². The number of pyridine rings is 1. The van der Waals surface area contributed by atoms with E-state index < -0.39 is 0 Å². The molecule has 250 valence electrons. The topological polar surface area (TPSA) is 12.9 Å². The van der Waals surface area contributed by atoms with E-state index in [0.29, 0.717) is 0 Å². The average Bonchev–Trinajstić information content (AvgIpc) is 3.24. The van der Waals surface area contributed by atoms with Gasteiger partial charge in [0.05, 0.1) is 0 Å². The summed E-state index contributed by atoms with van der Waals surface area (Å²) in [7, 11) is 0. The second-order valence-electron chi connectivity index (χ2n) is 14.2. The molecule has 11 rings (SSSR count). The third-order valence-corrected chi connectivity index (χ3v) is 11.3. The summed E-state index contributed by atoms with van der Waals surface area (Å²) in [5, 5.41) is 14.9. The maximum atomic E-state index is 5.01. The molecule has 0 radical (unpaired) electrons. The van der Waals surface area contributed by atoms with Crippen molar-refractivity contribution in [3.63, 3.8) is 0 Å². The van der Waals surface area contributed by atoms with Gasteiger partial charge in [0.25, 0.3) is 0 Å². The second kappa shape index (κ2) is 12.3. The van der Waals surface area contributed by atoms with Crippen LogP contribution in [0.5, 0.6) is 0 Å². The Morgan fingerprint density at radius 3 is 0.870 bits per heavy atom. The number of hydrogen-bond acceptors (Lipinski definition) is 1. The average molecular weight is 684 g/mol. The first kappa shape index (κ1) is 30.5. The van der Waals surface area contributed by atoms with E-state index in [2.05, 4.69) is 188 Å². The lowest BCUT2D eigenvalue weighted by atomic mass is 9.83. The molecule has 0 bridgehead atoms. The molecule has 0 aliphatic rings. The van der Waals surface area contributed by atoms with Gasteiger partial charge in [-0.05, 0) is 104 Å². The van der Waals surface area contributed by atoms with Crippen LogP contribution in [0.1, 0.15) is 0 Å².